The predicted molar refractivity (Wildman–Crippen MR) is 78.0 cm³/mol. The zero-order valence-corrected chi connectivity index (χ0v) is 12.3. The van der Waals surface area contributed by atoms with Gasteiger partial charge in [0, 0.05) is 27.5 Å². The van der Waals surface area contributed by atoms with Crippen LogP contribution in [0.2, 0.25) is 0 Å². The first-order chi connectivity index (χ1) is 9.13. The molecule has 0 aliphatic rings. The lowest BCUT2D eigenvalue weighted by atomic mass is 10.2. The molecule has 0 unspecified atom stereocenters. The third-order valence-electron chi connectivity index (χ3n) is 2.86. The molecule has 0 bridgehead atoms. The third kappa shape index (κ3) is 2.41. The highest BCUT2D eigenvalue weighted by molar-refractivity contribution is 7.15. The molecule has 0 aliphatic carbocycles. The van der Waals surface area contributed by atoms with Crippen molar-refractivity contribution in [1.82, 2.24) is 14.7 Å². The fourth-order valence-corrected chi connectivity index (χ4v) is 3.62. The largest absolute Gasteiger partial charge is 0.346 e. The molecule has 6 heteroatoms. The first-order valence-corrected chi connectivity index (χ1v) is 7.59. The Balaban J connectivity index is 1.70. The molecule has 0 saturated heterocycles. The monoisotopic (exact) mass is 291 g/mol. The van der Waals surface area contributed by atoms with Gasteiger partial charge in [0.2, 0.25) is 0 Å². The van der Waals surface area contributed by atoms with Gasteiger partial charge in [-0.2, -0.15) is 0 Å². The van der Waals surface area contributed by atoms with Gasteiger partial charge in [-0.15, -0.1) is 22.7 Å². The summed E-state index contributed by atoms with van der Waals surface area (Å²) in [5.74, 6) is -0.0294. The summed E-state index contributed by atoms with van der Waals surface area (Å²) in [5, 5.41) is 4.90. The van der Waals surface area contributed by atoms with E-state index in [-0.39, 0.29) is 5.91 Å². The third-order valence-corrected chi connectivity index (χ3v) is 4.60. The summed E-state index contributed by atoms with van der Waals surface area (Å²) in [6.07, 6.45) is 3.91. The first-order valence-electron chi connectivity index (χ1n) is 5.90. The van der Waals surface area contributed by atoms with E-state index in [1.54, 1.807) is 22.7 Å². The lowest BCUT2D eigenvalue weighted by Crippen LogP contribution is -2.23. The number of carbonyl (C=O) groups is 1. The van der Waals surface area contributed by atoms with Gasteiger partial charge in [0.05, 0.1) is 17.8 Å². The van der Waals surface area contributed by atoms with Crippen LogP contribution in [0, 0.1) is 13.8 Å². The average Bonchev–Trinajstić information content (AvgIpc) is 3.00. The molecule has 3 heterocycles. The number of carbonyl (C=O) groups excluding carboxylic acids is 1. The molecule has 4 nitrogen and oxygen atoms in total. The van der Waals surface area contributed by atoms with Gasteiger partial charge in [-0.25, -0.2) is 4.98 Å². The standard InChI is InChI=1S/C13H13N3OS2/c1-8-5-11(9(2)19-8)12(17)14-6-10-7-16-3-4-18-13(16)15-10/h3-5,7H,6H2,1-2H3,(H,14,17). The van der Waals surface area contributed by atoms with Crippen LogP contribution in [-0.2, 0) is 6.54 Å². The van der Waals surface area contributed by atoms with Crippen molar-refractivity contribution in [3.63, 3.8) is 0 Å². The van der Waals surface area contributed by atoms with Crippen LogP contribution in [0.1, 0.15) is 25.8 Å². The van der Waals surface area contributed by atoms with Crippen molar-refractivity contribution in [2.45, 2.75) is 20.4 Å². The van der Waals surface area contributed by atoms with Gasteiger partial charge in [0.15, 0.2) is 4.96 Å². The summed E-state index contributed by atoms with van der Waals surface area (Å²) in [6, 6.07) is 1.93. The number of amides is 1. The van der Waals surface area contributed by atoms with Crippen LogP contribution in [0.3, 0.4) is 0 Å². The van der Waals surface area contributed by atoms with Crippen LogP contribution in [0.25, 0.3) is 4.96 Å². The lowest BCUT2D eigenvalue weighted by molar-refractivity contribution is 0.0950. The molecule has 0 saturated carbocycles. The Bertz CT molecular complexity index is 710. The summed E-state index contributed by atoms with van der Waals surface area (Å²) in [5.41, 5.74) is 1.65. The minimum Gasteiger partial charge on any atom is -0.346 e. The van der Waals surface area contributed by atoms with Crippen molar-refractivity contribution in [2.24, 2.45) is 0 Å². The number of aryl methyl sites for hydroxylation is 2. The van der Waals surface area contributed by atoms with Crippen molar-refractivity contribution in [1.29, 1.82) is 0 Å². The van der Waals surface area contributed by atoms with E-state index in [2.05, 4.69) is 10.3 Å². The average molecular weight is 291 g/mol. The normalized spacial score (nSPS) is 11.1. The molecule has 3 aromatic rings. The maximum Gasteiger partial charge on any atom is 0.252 e. The number of thiazole rings is 1. The molecule has 1 amide bonds. The fourth-order valence-electron chi connectivity index (χ4n) is 1.98. The lowest BCUT2D eigenvalue weighted by Gasteiger charge is -2.02. The number of imidazole rings is 1. The first kappa shape index (κ1) is 12.4. The van der Waals surface area contributed by atoms with Crippen molar-refractivity contribution in [3.8, 4) is 0 Å². The van der Waals surface area contributed by atoms with Gasteiger partial charge in [0.1, 0.15) is 0 Å². The molecule has 0 fully saturated rings. The highest BCUT2D eigenvalue weighted by Crippen LogP contribution is 2.20. The van der Waals surface area contributed by atoms with E-state index < -0.39 is 0 Å². The SMILES string of the molecule is Cc1cc(C(=O)NCc2cn3ccsc3n2)c(C)s1. The Morgan fingerprint density at radius 1 is 1.47 bits per heavy atom. The van der Waals surface area contributed by atoms with Crippen LogP contribution in [0.5, 0.6) is 0 Å². The summed E-state index contributed by atoms with van der Waals surface area (Å²) in [4.78, 5) is 19.7. The van der Waals surface area contributed by atoms with Crippen LogP contribution in [0.4, 0.5) is 0 Å². The number of nitrogens with zero attached hydrogens (tertiary/aromatic N) is 2. The number of nitrogens with one attached hydrogen (secondary N) is 1. The Morgan fingerprint density at radius 2 is 2.32 bits per heavy atom. The molecule has 0 atom stereocenters. The molecule has 3 rings (SSSR count). The highest BCUT2D eigenvalue weighted by atomic mass is 32.1. The van der Waals surface area contributed by atoms with Crippen molar-refractivity contribution >= 4 is 33.5 Å². The summed E-state index contributed by atoms with van der Waals surface area (Å²) in [6.45, 7) is 4.44. The molecule has 0 spiro atoms. The molecule has 98 valence electrons. The Morgan fingerprint density at radius 3 is 3.00 bits per heavy atom. The van der Waals surface area contributed by atoms with Crippen molar-refractivity contribution < 1.29 is 4.79 Å². The van der Waals surface area contributed by atoms with E-state index in [1.165, 1.54) is 0 Å². The van der Waals surface area contributed by atoms with E-state index in [0.717, 1.165) is 26.0 Å². The Hall–Kier alpha value is -1.66. The fraction of sp³-hybridized carbons (Fsp3) is 0.231. The smallest absolute Gasteiger partial charge is 0.252 e. The van der Waals surface area contributed by atoms with E-state index in [0.29, 0.717) is 6.54 Å². The maximum atomic E-state index is 12.1. The van der Waals surface area contributed by atoms with Crippen LogP contribution in [0.15, 0.2) is 23.8 Å². The number of hydrogen-bond acceptors (Lipinski definition) is 4. The van der Waals surface area contributed by atoms with Gasteiger partial charge in [-0.05, 0) is 19.9 Å². The van der Waals surface area contributed by atoms with Gasteiger partial charge in [-0.1, -0.05) is 0 Å². The van der Waals surface area contributed by atoms with E-state index in [1.807, 2.05) is 42.1 Å². The number of thiophene rings is 1. The second-order valence-corrected chi connectivity index (χ2v) is 6.67. The second kappa shape index (κ2) is 4.79. The van der Waals surface area contributed by atoms with Gasteiger partial charge < -0.3 is 5.32 Å². The van der Waals surface area contributed by atoms with Crippen LogP contribution >= 0.6 is 22.7 Å². The Kier molecular flexibility index (Phi) is 3.12. The number of hydrogen-bond donors (Lipinski definition) is 1. The summed E-state index contributed by atoms with van der Waals surface area (Å²) in [7, 11) is 0. The molecule has 0 radical (unpaired) electrons. The van der Waals surface area contributed by atoms with Gasteiger partial charge >= 0.3 is 0 Å². The summed E-state index contributed by atoms with van der Waals surface area (Å²) < 4.78 is 1.96. The van der Waals surface area contributed by atoms with E-state index in [4.69, 9.17) is 0 Å². The molecule has 1 N–H and O–H groups in total. The van der Waals surface area contributed by atoms with E-state index >= 15 is 0 Å². The quantitative estimate of drug-likeness (QED) is 0.806. The van der Waals surface area contributed by atoms with Crippen LogP contribution in [-0.4, -0.2) is 15.3 Å². The van der Waals surface area contributed by atoms with Crippen molar-refractivity contribution in [3.05, 3.63) is 44.9 Å². The topological polar surface area (TPSA) is 46.4 Å². The highest BCUT2D eigenvalue weighted by Gasteiger charge is 2.12. The van der Waals surface area contributed by atoms with Crippen molar-refractivity contribution in [2.75, 3.05) is 0 Å². The molecular weight excluding hydrogens is 278 g/mol. The number of rotatable bonds is 3. The number of aromatic nitrogens is 2. The van der Waals surface area contributed by atoms with E-state index in [9.17, 15) is 4.79 Å². The molecule has 19 heavy (non-hydrogen) atoms. The molecular formula is C13H13N3OS2. The van der Waals surface area contributed by atoms with Crippen LogP contribution < -0.4 is 5.32 Å². The minimum absolute atomic E-state index is 0.0294. The predicted octanol–water partition coefficient (Wildman–Crippen LogP) is 3.00. The zero-order valence-electron chi connectivity index (χ0n) is 10.6. The minimum atomic E-state index is -0.0294. The molecule has 0 aliphatic heterocycles. The molecule has 3 aromatic heterocycles. The maximum absolute atomic E-state index is 12.1. The second-order valence-electron chi connectivity index (χ2n) is 4.33. The molecule has 0 aromatic carbocycles. The van der Waals surface area contributed by atoms with Gasteiger partial charge in [-0.3, -0.25) is 9.20 Å². The number of fused-ring (bicyclic) bond motifs is 1. The van der Waals surface area contributed by atoms with Gasteiger partial charge in [0.25, 0.3) is 5.91 Å². The summed E-state index contributed by atoms with van der Waals surface area (Å²) >= 11 is 3.23. The zero-order chi connectivity index (χ0) is 13.4. The Labute approximate surface area is 118 Å².